The highest BCUT2D eigenvalue weighted by molar-refractivity contribution is 6.37. The molecule has 10 heteroatoms. The minimum Gasteiger partial charge on any atom is -0.354 e. The van der Waals surface area contributed by atoms with E-state index in [1.807, 2.05) is 71.2 Å². The van der Waals surface area contributed by atoms with Crippen molar-refractivity contribution in [3.8, 4) is 11.3 Å². The second-order valence-corrected chi connectivity index (χ2v) is 10.3. The van der Waals surface area contributed by atoms with Gasteiger partial charge in [0.1, 0.15) is 0 Å². The maximum atomic E-state index is 13.3. The third-order valence-corrected chi connectivity index (χ3v) is 7.40. The van der Waals surface area contributed by atoms with E-state index < -0.39 is 4.92 Å². The monoisotopic (exact) mass is 548 g/mol. The molecule has 0 spiro atoms. The summed E-state index contributed by atoms with van der Waals surface area (Å²) in [5.41, 5.74) is 5.96. The van der Waals surface area contributed by atoms with Gasteiger partial charge in [-0.2, -0.15) is 0 Å². The Morgan fingerprint density at radius 2 is 1.83 bits per heavy atom. The molecule has 0 atom stereocenters. The molecule has 0 unspecified atom stereocenters. The third-order valence-electron chi connectivity index (χ3n) is 7.40. The number of non-ortho nitro benzene ring substituents is 1. The van der Waals surface area contributed by atoms with Gasteiger partial charge in [-0.25, -0.2) is 4.98 Å². The molecule has 2 aliphatic heterocycles. The number of hydrogen-bond acceptors (Lipinski definition) is 6. The maximum Gasteiger partial charge on any atom is 0.270 e. The zero-order chi connectivity index (χ0) is 28.5. The van der Waals surface area contributed by atoms with E-state index in [0.717, 1.165) is 47.5 Å². The van der Waals surface area contributed by atoms with Crippen LogP contribution in [0.5, 0.6) is 0 Å². The lowest BCUT2D eigenvalue weighted by molar-refractivity contribution is -0.384. The first-order valence-electron chi connectivity index (χ1n) is 13.4. The van der Waals surface area contributed by atoms with Gasteiger partial charge in [0.2, 0.25) is 5.91 Å². The number of imidazole rings is 1. The van der Waals surface area contributed by atoms with Crippen LogP contribution in [0.1, 0.15) is 36.0 Å². The summed E-state index contributed by atoms with van der Waals surface area (Å²) in [5, 5.41) is 17.8. The minimum absolute atomic E-state index is 0.0987. The van der Waals surface area contributed by atoms with E-state index >= 15 is 0 Å². The predicted octanol–water partition coefficient (Wildman–Crippen LogP) is 5.44. The Hall–Kier alpha value is -5.25. The summed E-state index contributed by atoms with van der Waals surface area (Å²) in [6.45, 7) is 1.28. The van der Waals surface area contributed by atoms with Crippen LogP contribution in [-0.4, -0.2) is 37.7 Å². The topological polar surface area (TPSA) is 122 Å². The smallest absolute Gasteiger partial charge is 0.270 e. The number of rotatable bonds is 7. The number of fused-ring (bicyclic) bond motifs is 1. The Labute approximate surface area is 236 Å². The van der Waals surface area contributed by atoms with E-state index in [1.165, 1.54) is 12.1 Å². The molecular formula is C31H28N6O4. The molecule has 0 aliphatic carbocycles. The number of aromatic nitrogens is 2. The Balaban J connectivity index is 1.38. The number of carbonyl (C=O) groups excluding carboxylic acids is 2. The molecule has 206 valence electrons. The molecule has 3 aromatic carbocycles. The van der Waals surface area contributed by atoms with Crippen molar-refractivity contribution in [3.63, 3.8) is 0 Å². The molecule has 0 saturated carbocycles. The van der Waals surface area contributed by atoms with Gasteiger partial charge in [0, 0.05) is 67.4 Å². The van der Waals surface area contributed by atoms with Crippen LogP contribution in [-0.2, 0) is 23.2 Å². The Morgan fingerprint density at radius 3 is 2.51 bits per heavy atom. The minimum atomic E-state index is -0.471. The number of nitrogens with one attached hydrogen (secondary N) is 2. The summed E-state index contributed by atoms with van der Waals surface area (Å²) in [6.07, 6.45) is 6.19. The van der Waals surface area contributed by atoms with Crippen molar-refractivity contribution < 1.29 is 14.5 Å². The van der Waals surface area contributed by atoms with Crippen molar-refractivity contribution in [2.24, 2.45) is 7.05 Å². The van der Waals surface area contributed by atoms with Crippen LogP contribution in [0, 0.1) is 10.1 Å². The zero-order valence-electron chi connectivity index (χ0n) is 22.5. The first kappa shape index (κ1) is 26.0. The fraction of sp³-hybridized carbons (Fsp3) is 0.194. The molecule has 6 rings (SSSR count). The van der Waals surface area contributed by atoms with Gasteiger partial charge in [-0.1, -0.05) is 36.4 Å². The van der Waals surface area contributed by atoms with Crippen molar-refractivity contribution in [1.29, 1.82) is 0 Å². The second kappa shape index (κ2) is 10.7. The molecule has 41 heavy (non-hydrogen) atoms. The molecular weight excluding hydrogens is 520 g/mol. The molecule has 10 nitrogen and oxygen atoms in total. The Kier molecular flexibility index (Phi) is 6.80. The molecule has 1 saturated heterocycles. The fourth-order valence-corrected chi connectivity index (χ4v) is 5.25. The average Bonchev–Trinajstić information content (AvgIpc) is 3.55. The molecule has 0 bridgehead atoms. The van der Waals surface area contributed by atoms with Crippen LogP contribution in [0.3, 0.4) is 0 Å². The van der Waals surface area contributed by atoms with E-state index in [9.17, 15) is 19.7 Å². The number of anilines is 2. The van der Waals surface area contributed by atoms with Crippen LogP contribution in [0.15, 0.2) is 79.3 Å². The highest BCUT2D eigenvalue weighted by Gasteiger charge is 2.30. The number of likely N-dealkylation sites (tertiary alicyclic amines) is 1. The Morgan fingerprint density at radius 1 is 1.05 bits per heavy atom. The van der Waals surface area contributed by atoms with Crippen LogP contribution >= 0.6 is 0 Å². The van der Waals surface area contributed by atoms with Crippen molar-refractivity contribution in [2.45, 2.75) is 25.8 Å². The van der Waals surface area contributed by atoms with Crippen molar-refractivity contribution in [2.75, 3.05) is 17.2 Å². The lowest BCUT2D eigenvalue weighted by atomic mass is 9.98. The highest BCUT2D eigenvalue weighted by Crippen LogP contribution is 2.39. The summed E-state index contributed by atoms with van der Waals surface area (Å²) < 4.78 is 1.88. The van der Waals surface area contributed by atoms with Crippen molar-refractivity contribution in [3.05, 3.63) is 106 Å². The Bertz CT molecular complexity index is 1690. The largest absolute Gasteiger partial charge is 0.354 e. The van der Waals surface area contributed by atoms with Crippen LogP contribution < -0.4 is 10.6 Å². The summed E-state index contributed by atoms with van der Waals surface area (Å²) in [4.78, 5) is 42.9. The summed E-state index contributed by atoms with van der Waals surface area (Å²) in [7, 11) is 1.91. The van der Waals surface area contributed by atoms with Gasteiger partial charge in [-0.05, 0) is 42.2 Å². The van der Waals surface area contributed by atoms with Gasteiger partial charge in [0.15, 0.2) is 0 Å². The number of hydrogen-bond donors (Lipinski definition) is 2. The molecule has 2 aliphatic rings. The molecule has 1 fully saturated rings. The quantitative estimate of drug-likeness (QED) is 0.180. The van der Waals surface area contributed by atoms with Crippen LogP contribution in [0.2, 0.25) is 0 Å². The SMILES string of the molecule is Cn1cnc(-c2ccc(NC(=C3C(=O)Nc4ccc([N+](=O)[O-])cc43)c3ccc(CN4CCCCC4=O)cc3)cc2)c1. The fourth-order valence-electron chi connectivity index (χ4n) is 5.25. The number of amides is 2. The second-order valence-electron chi connectivity index (χ2n) is 10.3. The van der Waals surface area contributed by atoms with Gasteiger partial charge in [-0.3, -0.25) is 19.7 Å². The normalized spacial score (nSPS) is 15.9. The van der Waals surface area contributed by atoms with E-state index in [0.29, 0.717) is 35.5 Å². The van der Waals surface area contributed by atoms with Gasteiger partial charge < -0.3 is 20.1 Å². The van der Waals surface area contributed by atoms with Gasteiger partial charge in [0.25, 0.3) is 11.6 Å². The lowest BCUT2D eigenvalue weighted by Gasteiger charge is -2.26. The number of nitro benzene ring substituents is 1. The number of benzene rings is 3. The van der Waals surface area contributed by atoms with Crippen molar-refractivity contribution in [1.82, 2.24) is 14.5 Å². The molecule has 3 heterocycles. The van der Waals surface area contributed by atoms with E-state index in [1.54, 1.807) is 12.4 Å². The first-order chi connectivity index (χ1) is 19.9. The van der Waals surface area contributed by atoms with Gasteiger partial charge >= 0.3 is 0 Å². The van der Waals surface area contributed by atoms with E-state index in [2.05, 4.69) is 15.6 Å². The lowest BCUT2D eigenvalue weighted by Crippen LogP contribution is -2.34. The predicted molar refractivity (Wildman–Crippen MR) is 157 cm³/mol. The standard InChI is InChI=1S/C31H28N6O4/c1-35-18-27(32-19-35)21-9-11-23(12-10-21)33-30(29-25-16-24(37(40)41)13-14-26(25)34-31(29)39)22-7-5-20(6-8-22)17-36-15-3-2-4-28(36)38/h5-14,16,18-19,33H,2-4,15,17H2,1H3,(H,34,39). The highest BCUT2D eigenvalue weighted by atomic mass is 16.6. The molecule has 2 amide bonds. The average molecular weight is 549 g/mol. The number of piperidine rings is 1. The molecule has 2 N–H and O–H groups in total. The first-order valence-corrected chi connectivity index (χ1v) is 13.4. The number of nitro groups is 1. The summed E-state index contributed by atoms with van der Waals surface area (Å²) in [5.74, 6) is -0.184. The van der Waals surface area contributed by atoms with E-state index in [4.69, 9.17) is 0 Å². The number of carbonyl (C=O) groups is 2. The van der Waals surface area contributed by atoms with Gasteiger partial charge in [-0.15, -0.1) is 0 Å². The molecule has 4 aromatic rings. The number of aryl methyl sites for hydroxylation is 1. The summed E-state index contributed by atoms with van der Waals surface area (Å²) >= 11 is 0. The zero-order valence-corrected chi connectivity index (χ0v) is 22.5. The molecule has 1 aromatic heterocycles. The molecule has 0 radical (unpaired) electrons. The number of nitrogens with zero attached hydrogens (tertiary/aromatic N) is 4. The van der Waals surface area contributed by atoms with E-state index in [-0.39, 0.29) is 17.5 Å². The van der Waals surface area contributed by atoms with Crippen LogP contribution in [0.4, 0.5) is 17.1 Å². The van der Waals surface area contributed by atoms with Crippen LogP contribution in [0.25, 0.3) is 22.5 Å². The summed E-state index contributed by atoms with van der Waals surface area (Å²) in [6, 6.07) is 19.8. The van der Waals surface area contributed by atoms with Crippen molar-refractivity contribution >= 4 is 40.1 Å². The maximum absolute atomic E-state index is 13.3. The third kappa shape index (κ3) is 5.31. The van der Waals surface area contributed by atoms with Gasteiger partial charge in [0.05, 0.1) is 28.2 Å².